The highest BCUT2D eigenvalue weighted by Crippen LogP contribution is 2.32. The average molecular weight is 436 g/mol. The zero-order valence-electron chi connectivity index (χ0n) is 16.7. The Labute approximate surface area is 172 Å². The zero-order valence-corrected chi connectivity index (χ0v) is 18.3. The van der Waals surface area contributed by atoms with Crippen LogP contribution in [0.4, 0.5) is 0 Å². The normalized spacial score (nSPS) is 12.6. The molecule has 0 fully saturated rings. The van der Waals surface area contributed by atoms with E-state index in [1.807, 2.05) is 6.07 Å². The van der Waals surface area contributed by atoms with Crippen molar-refractivity contribution in [3.63, 3.8) is 0 Å². The number of carbonyl (C=O) groups is 1. The summed E-state index contributed by atoms with van der Waals surface area (Å²) in [5.41, 5.74) is 1.10. The Balaban J connectivity index is 2.03. The lowest BCUT2D eigenvalue weighted by Crippen LogP contribution is -2.22. The van der Waals surface area contributed by atoms with Crippen molar-refractivity contribution in [2.45, 2.75) is 4.90 Å². The molecular weight excluding hydrogens is 414 g/mol. The number of rotatable bonds is 5. The summed E-state index contributed by atoms with van der Waals surface area (Å²) in [5, 5.41) is 0. The molecule has 1 heterocycles. The molecule has 0 aliphatic heterocycles. The second-order valence-electron chi connectivity index (χ2n) is 6.35. The molecule has 0 saturated heterocycles. The Morgan fingerprint density at radius 2 is 1.76 bits per heavy atom. The molecule has 154 valence electrons. The van der Waals surface area contributed by atoms with Crippen molar-refractivity contribution >= 4 is 37.5 Å². The Bertz CT molecular complexity index is 1240. The van der Waals surface area contributed by atoms with E-state index in [-0.39, 0.29) is 4.90 Å². The highest BCUT2D eigenvalue weighted by molar-refractivity contribution is 7.89. The van der Waals surface area contributed by atoms with Crippen molar-refractivity contribution in [3.05, 3.63) is 46.8 Å². The van der Waals surface area contributed by atoms with Crippen LogP contribution >= 0.6 is 11.3 Å². The third-order valence-electron chi connectivity index (χ3n) is 4.37. The minimum absolute atomic E-state index is 0.114. The van der Waals surface area contributed by atoms with Crippen LogP contribution in [0.25, 0.3) is 10.2 Å². The van der Waals surface area contributed by atoms with Gasteiger partial charge in [-0.05, 0) is 30.3 Å². The molecule has 0 radical (unpaired) electrons. The Kier molecular flexibility index (Phi) is 5.78. The second-order valence-corrected chi connectivity index (χ2v) is 9.51. The summed E-state index contributed by atoms with van der Waals surface area (Å²) in [6.07, 6.45) is 0. The molecule has 0 aliphatic carbocycles. The summed E-state index contributed by atoms with van der Waals surface area (Å²) in [6, 6.07) is 9.34. The number of amides is 1. The van der Waals surface area contributed by atoms with Gasteiger partial charge in [0, 0.05) is 32.8 Å². The van der Waals surface area contributed by atoms with E-state index in [1.54, 1.807) is 31.9 Å². The number of nitrogens with zero attached hydrogens (tertiary/aromatic N) is 3. The van der Waals surface area contributed by atoms with Gasteiger partial charge in [-0.1, -0.05) is 11.3 Å². The standard InChI is InChI=1S/C19H21N3O5S2/c1-21(2)29(24,25)14-8-6-12(7-9-14)18(23)20-19-22(3)17-15(27-5)10-13(26-4)11-16(17)28-19/h6-11H,1-5H3. The minimum atomic E-state index is -3.55. The van der Waals surface area contributed by atoms with E-state index in [0.717, 1.165) is 14.5 Å². The number of ether oxygens (including phenoxy) is 2. The third kappa shape index (κ3) is 3.91. The number of hydrogen-bond donors (Lipinski definition) is 0. The highest BCUT2D eigenvalue weighted by Gasteiger charge is 2.18. The lowest BCUT2D eigenvalue weighted by atomic mass is 10.2. The molecule has 2 aromatic carbocycles. The van der Waals surface area contributed by atoms with Gasteiger partial charge in [-0.3, -0.25) is 4.79 Å². The fourth-order valence-electron chi connectivity index (χ4n) is 2.73. The van der Waals surface area contributed by atoms with Crippen LogP contribution in [0.15, 0.2) is 46.3 Å². The number of methoxy groups -OCH3 is 2. The Morgan fingerprint density at radius 1 is 1.10 bits per heavy atom. The molecule has 0 unspecified atom stereocenters. The Hall–Kier alpha value is -2.69. The largest absolute Gasteiger partial charge is 0.497 e. The number of hydrogen-bond acceptors (Lipinski definition) is 6. The first-order valence-electron chi connectivity index (χ1n) is 8.52. The molecule has 3 rings (SSSR count). The van der Waals surface area contributed by atoms with E-state index in [2.05, 4.69) is 4.99 Å². The number of benzene rings is 2. The first-order valence-corrected chi connectivity index (χ1v) is 10.8. The van der Waals surface area contributed by atoms with Crippen LogP contribution < -0.4 is 14.3 Å². The SMILES string of the molecule is COc1cc(OC)c2c(c1)sc(=NC(=O)c1ccc(S(=O)(=O)N(C)C)cc1)n2C. The van der Waals surface area contributed by atoms with Gasteiger partial charge in [0.05, 0.1) is 23.8 Å². The van der Waals surface area contributed by atoms with Gasteiger partial charge < -0.3 is 14.0 Å². The zero-order chi connectivity index (χ0) is 21.3. The van der Waals surface area contributed by atoms with Crippen molar-refractivity contribution in [1.29, 1.82) is 0 Å². The predicted octanol–water partition coefficient (Wildman–Crippen LogP) is 2.25. The maximum absolute atomic E-state index is 12.6. The van der Waals surface area contributed by atoms with E-state index >= 15 is 0 Å². The van der Waals surface area contributed by atoms with Gasteiger partial charge in [0.15, 0.2) is 4.80 Å². The number of aromatic nitrogens is 1. The van der Waals surface area contributed by atoms with E-state index < -0.39 is 15.9 Å². The van der Waals surface area contributed by atoms with Crippen molar-refractivity contribution in [2.75, 3.05) is 28.3 Å². The molecule has 0 saturated carbocycles. The van der Waals surface area contributed by atoms with Crippen LogP contribution in [0.3, 0.4) is 0 Å². The van der Waals surface area contributed by atoms with Crippen LogP contribution in [0.2, 0.25) is 0 Å². The third-order valence-corrected chi connectivity index (χ3v) is 7.28. The van der Waals surface area contributed by atoms with Crippen LogP contribution in [0.1, 0.15) is 10.4 Å². The molecule has 29 heavy (non-hydrogen) atoms. The minimum Gasteiger partial charge on any atom is -0.497 e. The van der Waals surface area contributed by atoms with Gasteiger partial charge in [0.1, 0.15) is 17.0 Å². The summed E-state index contributed by atoms with van der Waals surface area (Å²) in [4.78, 5) is 17.4. The second kappa shape index (κ2) is 7.97. The summed E-state index contributed by atoms with van der Waals surface area (Å²) < 4.78 is 38.8. The molecule has 1 aromatic heterocycles. The summed E-state index contributed by atoms with van der Waals surface area (Å²) in [7, 11) is 4.29. The smallest absolute Gasteiger partial charge is 0.279 e. The van der Waals surface area contributed by atoms with Crippen molar-refractivity contribution < 1.29 is 22.7 Å². The van der Waals surface area contributed by atoms with Gasteiger partial charge in [0.2, 0.25) is 10.0 Å². The average Bonchev–Trinajstić information content (AvgIpc) is 3.02. The topological polar surface area (TPSA) is 90.2 Å². The maximum atomic E-state index is 12.6. The summed E-state index contributed by atoms with van der Waals surface area (Å²) in [6.45, 7) is 0. The quantitative estimate of drug-likeness (QED) is 0.613. The number of thiazole rings is 1. The first-order chi connectivity index (χ1) is 13.7. The molecule has 0 atom stereocenters. The fraction of sp³-hybridized carbons (Fsp3) is 0.263. The number of fused-ring (bicyclic) bond motifs is 1. The lowest BCUT2D eigenvalue weighted by Gasteiger charge is -2.11. The number of aryl methyl sites for hydroxylation is 1. The maximum Gasteiger partial charge on any atom is 0.279 e. The van der Waals surface area contributed by atoms with Crippen LogP contribution in [0.5, 0.6) is 11.5 Å². The molecule has 10 heteroatoms. The van der Waals surface area contributed by atoms with E-state index in [1.165, 1.54) is 49.7 Å². The molecule has 0 spiro atoms. The fourth-order valence-corrected chi connectivity index (χ4v) is 4.70. The van der Waals surface area contributed by atoms with E-state index in [9.17, 15) is 13.2 Å². The van der Waals surface area contributed by atoms with Crippen molar-refractivity contribution in [3.8, 4) is 11.5 Å². The van der Waals surface area contributed by atoms with E-state index in [4.69, 9.17) is 9.47 Å². The molecule has 1 amide bonds. The molecule has 8 nitrogen and oxygen atoms in total. The summed E-state index contributed by atoms with van der Waals surface area (Å²) in [5.74, 6) is 0.795. The molecule has 0 bridgehead atoms. The van der Waals surface area contributed by atoms with Gasteiger partial charge in [-0.2, -0.15) is 4.99 Å². The molecule has 3 aromatic rings. The van der Waals surface area contributed by atoms with Crippen LogP contribution in [-0.4, -0.2) is 51.5 Å². The lowest BCUT2D eigenvalue weighted by molar-refractivity contribution is 0.0998. The highest BCUT2D eigenvalue weighted by atomic mass is 32.2. The number of carbonyl (C=O) groups excluding carboxylic acids is 1. The Morgan fingerprint density at radius 3 is 2.31 bits per heavy atom. The molecular formula is C19H21N3O5S2. The van der Waals surface area contributed by atoms with Gasteiger partial charge in [-0.25, -0.2) is 12.7 Å². The van der Waals surface area contributed by atoms with Crippen molar-refractivity contribution in [2.24, 2.45) is 12.0 Å². The summed E-state index contributed by atoms with van der Waals surface area (Å²) >= 11 is 1.33. The monoisotopic (exact) mass is 435 g/mol. The number of sulfonamides is 1. The first kappa shape index (κ1) is 21.0. The van der Waals surface area contributed by atoms with Gasteiger partial charge >= 0.3 is 0 Å². The van der Waals surface area contributed by atoms with Gasteiger partial charge in [0.25, 0.3) is 5.91 Å². The molecule has 0 N–H and O–H groups in total. The van der Waals surface area contributed by atoms with Gasteiger partial charge in [-0.15, -0.1) is 0 Å². The van der Waals surface area contributed by atoms with E-state index in [0.29, 0.717) is 21.9 Å². The van der Waals surface area contributed by atoms with Crippen LogP contribution in [0, 0.1) is 0 Å². The predicted molar refractivity (Wildman–Crippen MR) is 111 cm³/mol. The molecule has 0 aliphatic rings. The van der Waals surface area contributed by atoms with Crippen LogP contribution in [-0.2, 0) is 17.1 Å². The van der Waals surface area contributed by atoms with Crippen molar-refractivity contribution in [1.82, 2.24) is 8.87 Å².